The van der Waals surface area contributed by atoms with Crippen LogP contribution in [0.15, 0.2) is 42.5 Å². The van der Waals surface area contributed by atoms with Gasteiger partial charge in [-0.25, -0.2) is 0 Å². The van der Waals surface area contributed by atoms with Crippen LogP contribution in [0, 0.1) is 11.8 Å². The highest BCUT2D eigenvalue weighted by atomic mass is 16.5. The molecule has 0 bridgehead atoms. The molecule has 2 aromatic rings. The highest BCUT2D eigenvalue weighted by molar-refractivity contribution is 6.03. The average molecular weight is 464 g/mol. The fourth-order valence-corrected chi connectivity index (χ4v) is 4.86. The Morgan fingerprint density at radius 2 is 1.85 bits per heavy atom. The number of amides is 3. The first-order valence-corrected chi connectivity index (χ1v) is 12.1. The maximum Gasteiger partial charge on any atom is 0.255 e. The van der Waals surface area contributed by atoms with E-state index in [0.717, 1.165) is 36.5 Å². The van der Waals surface area contributed by atoms with Crippen molar-refractivity contribution in [2.75, 3.05) is 30.3 Å². The van der Waals surface area contributed by atoms with E-state index in [9.17, 15) is 14.4 Å². The third-order valence-electron chi connectivity index (χ3n) is 6.38. The number of ether oxygens (including phenoxy) is 1. The molecule has 2 aromatic carbocycles. The maximum atomic E-state index is 13.2. The van der Waals surface area contributed by atoms with E-state index in [1.165, 1.54) is 0 Å². The number of fused-ring (bicyclic) bond motifs is 1. The maximum absolute atomic E-state index is 13.2. The van der Waals surface area contributed by atoms with Gasteiger partial charge in [-0.15, -0.1) is 0 Å². The monoisotopic (exact) mass is 463 g/mol. The number of likely N-dealkylation sites (tertiary alicyclic amines) is 1. The van der Waals surface area contributed by atoms with Crippen molar-refractivity contribution in [3.63, 3.8) is 0 Å². The van der Waals surface area contributed by atoms with Crippen LogP contribution in [-0.2, 0) is 16.0 Å². The molecule has 2 unspecified atom stereocenters. The summed E-state index contributed by atoms with van der Waals surface area (Å²) in [6, 6.07) is 12.8. The fourth-order valence-electron chi connectivity index (χ4n) is 4.86. The molecule has 0 radical (unpaired) electrons. The second-order valence-corrected chi connectivity index (χ2v) is 9.57. The van der Waals surface area contributed by atoms with Gasteiger partial charge in [-0.1, -0.05) is 26.0 Å². The van der Waals surface area contributed by atoms with E-state index in [0.29, 0.717) is 55.4 Å². The summed E-state index contributed by atoms with van der Waals surface area (Å²) >= 11 is 0. The van der Waals surface area contributed by atoms with Gasteiger partial charge in [0.05, 0.1) is 17.9 Å². The molecule has 2 aliphatic rings. The van der Waals surface area contributed by atoms with Gasteiger partial charge in [0, 0.05) is 31.6 Å². The first-order chi connectivity index (χ1) is 16.4. The molecular weight excluding hydrogens is 430 g/mol. The minimum absolute atomic E-state index is 0.0266. The number of benzene rings is 2. The van der Waals surface area contributed by atoms with E-state index < -0.39 is 0 Å². The summed E-state index contributed by atoms with van der Waals surface area (Å²) < 4.78 is 5.81. The summed E-state index contributed by atoms with van der Waals surface area (Å²) in [7, 11) is 0. The first-order valence-electron chi connectivity index (χ1n) is 12.1. The number of para-hydroxylation sites is 1. The number of nitrogens with zero attached hydrogens (tertiary/aromatic N) is 1. The number of carbonyl (C=O) groups excluding carboxylic acids is 3. The summed E-state index contributed by atoms with van der Waals surface area (Å²) in [5, 5.41) is 5.77. The highest BCUT2D eigenvalue weighted by Crippen LogP contribution is 2.27. The molecule has 0 saturated carbocycles. The van der Waals surface area contributed by atoms with Gasteiger partial charge in [0.15, 0.2) is 0 Å². The van der Waals surface area contributed by atoms with Crippen LogP contribution in [0.5, 0.6) is 5.75 Å². The molecule has 2 atom stereocenters. The number of anilines is 2. The lowest BCUT2D eigenvalue weighted by molar-refractivity contribution is -0.117. The molecule has 4 rings (SSSR count). The predicted octanol–water partition coefficient (Wildman–Crippen LogP) is 4.49. The molecule has 2 aliphatic heterocycles. The van der Waals surface area contributed by atoms with E-state index in [2.05, 4.69) is 24.5 Å². The Kier molecular flexibility index (Phi) is 7.50. The summed E-state index contributed by atoms with van der Waals surface area (Å²) in [5.74, 6) is 1.55. The Morgan fingerprint density at radius 3 is 2.65 bits per heavy atom. The van der Waals surface area contributed by atoms with Gasteiger partial charge in [-0.05, 0) is 67.0 Å². The van der Waals surface area contributed by atoms with Crippen molar-refractivity contribution in [2.45, 2.75) is 46.0 Å². The number of piperidine rings is 1. The third kappa shape index (κ3) is 5.95. The van der Waals surface area contributed by atoms with Gasteiger partial charge in [0.25, 0.3) is 5.91 Å². The van der Waals surface area contributed by atoms with Crippen molar-refractivity contribution in [2.24, 2.45) is 11.8 Å². The molecule has 180 valence electrons. The number of hydrogen-bond acceptors (Lipinski definition) is 4. The molecule has 3 amide bonds. The standard InChI is InChI=1S/C27H33N3O4/c1-18-14-19(2)17-30(16-18)27(33)22-6-3-4-7-24(22)29-25(31)8-5-13-34-21-10-11-23-20(15-21)9-12-26(32)28-23/h3-4,6-7,10-11,15,18-19H,5,8-9,12-14,16-17H2,1-2H3,(H,28,32)(H,29,31). The molecule has 0 aromatic heterocycles. The molecule has 0 spiro atoms. The van der Waals surface area contributed by atoms with Gasteiger partial charge in [-0.2, -0.15) is 0 Å². The van der Waals surface area contributed by atoms with Crippen LogP contribution in [0.25, 0.3) is 0 Å². The van der Waals surface area contributed by atoms with Crippen LogP contribution in [0.1, 0.15) is 55.5 Å². The van der Waals surface area contributed by atoms with Gasteiger partial charge in [-0.3, -0.25) is 14.4 Å². The molecular formula is C27H33N3O4. The van der Waals surface area contributed by atoms with E-state index in [-0.39, 0.29) is 17.7 Å². The van der Waals surface area contributed by atoms with E-state index in [4.69, 9.17) is 4.74 Å². The first kappa shape index (κ1) is 23.8. The van der Waals surface area contributed by atoms with E-state index in [1.54, 1.807) is 12.1 Å². The minimum Gasteiger partial charge on any atom is -0.494 e. The second-order valence-electron chi connectivity index (χ2n) is 9.57. The van der Waals surface area contributed by atoms with Crippen LogP contribution in [0.3, 0.4) is 0 Å². The number of nitrogens with one attached hydrogen (secondary N) is 2. The number of hydrogen-bond donors (Lipinski definition) is 2. The Labute approximate surface area is 200 Å². The minimum atomic E-state index is -0.141. The van der Waals surface area contributed by atoms with Crippen molar-refractivity contribution in [1.82, 2.24) is 4.90 Å². The number of carbonyl (C=O) groups is 3. The van der Waals surface area contributed by atoms with Crippen molar-refractivity contribution >= 4 is 29.1 Å². The molecule has 7 nitrogen and oxygen atoms in total. The summed E-state index contributed by atoms with van der Waals surface area (Å²) in [6.45, 7) is 6.25. The van der Waals surface area contributed by atoms with Crippen LogP contribution in [-0.4, -0.2) is 42.3 Å². The zero-order valence-corrected chi connectivity index (χ0v) is 19.9. The van der Waals surface area contributed by atoms with Gasteiger partial charge < -0.3 is 20.3 Å². The quantitative estimate of drug-likeness (QED) is 0.593. The van der Waals surface area contributed by atoms with Gasteiger partial charge in [0.2, 0.25) is 11.8 Å². The van der Waals surface area contributed by atoms with Crippen LogP contribution >= 0.6 is 0 Å². The normalized spacial score (nSPS) is 19.7. The van der Waals surface area contributed by atoms with Crippen LogP contribution < -0.4 is 15.4 Å². The molecule has 2 N–H and O–H groups in total. The lowest BCUT2D eigenvalue weighted by Gasteiger charge is -2.35. The SMILES string of the molecule is CC1CC(C)CN(C(=O)c2ccccc2NC(=O)CCCOc2ccc3c(c2)CCC(=O)N3)C1. The predicted molar refractivity (Wildman–Crippen MR) is 132 cm³/mol. The highest BCUT2D eigenvalue weighted by Gasteiger charge is 2.27. The summed E-state index contributed by atoms with van der Waals surface area (Å²) in [4.78, 5) is 39.1. The molecule has 1 fully saturated rings. The number of rotatable bonds is 7. The summed E-state index contributed by atoms with van der Waals surface area (Å²) in [6.07, 6.45) is 3.16. The molecule has 2 heterocycles. The van der Waals surface area contributed by atoms with Crippen molar-refractivity contribution in [1.29, 1.82) is 0 Å². The Hall–Kier alpha value is -3.35. The molecule has 34 heavy (non-hydrogen) atoms. The van der Waals surface area contributed by atoms with Crippen molar-refractivity contribution < 1.29 is 19.1 Å². The van der Waals surface area contributed by atoms with Crippen molar-refractivity contribution in [3.05, 3.63) is 53.6 Å². The average Bonchev–Trinajstić information content (AvgIpc) is 2.81. The lowest BCUT2D eigenvalue weighted by Crippen LogP contribution is -2.42. The topological polar surface area (TPSA) is 87.7 Å². The second kappa shape index (κ2) is 10.7. The smallest absolute Gasteiger partial charge is 0.255 e. The van der Waals surface area contributed by atoms with Crippen molar-refractivity contribution in [3.8, 4) is 5.75 Å². The lowest BCUT2D eigenvalue weighted by atomic mass is 9.91. The Morgan fingerprint density at radius 1 is 1.09 bits per heavy atom. The largest absolute Gasteiger partial charge is 0.494 e. The third-order valence-corrected chi connectivity index (χ3v) is 6.38. The zero-order chi connectivity index (χ0) is 24.1. The van der Waals surface area contributed by atoms with E-state index in [1.807, 2.05) is 35.2 Å². The van der Waals surface area contributed by atoms with Crippen LogP contribution in [0.2, 0.25) is 0 Å². The molecule has 0 aliphatic carbocycles. The van der Waals surface area contributed by atoms with Crippen LogP contribution in [0.4, 0.5) is 11.4 Å². The van der Waals surface area contributed by atoms with E-state index >= 15 is 0 Å². The molecule has 1 saturated heterocycles. The fraction of sp³-hybridized carbons (Fsp3) is 0.444. The van der Waals surface area contributed by atoms with Gasteiger partial charge in [0.1, 0.15) is 5.75 Å². The Balaban J connectivity index is 1.28. The molecule has 7 heteroatoms. The number of aryl methyl sites for hydroxylation is 1. The summed E-state index contributed by atoms with van der Waals surface area (Å²) in [5.41, 5.74) is 2.99. The zero-order valence-electron chi connectivity index (χ0n) is 19.9. The van der Waals surface area contributed by atoms with Gasteiger partial charge >= 0.3 is 0 Å². The Bertz CT molecular complexity index is 1060.